The Hall–Kier alpha value is -1.60. The van der Waals surface area contributed by atoms with Crippen LogP contribution in [-0.2, 0) is 19.4 Å². The maximum absolute atomic E-state index is 11.8. The Balaban J connectivity index is 2.84. The summed E-state index contributed by atoms with van der Waals surface area (Å²) >= 11 is 0. The van der Waals surface area contributed by atoms with Crippen LogP contribution >= 0.6 is 0 Å². The van der Waals surface area contributed by atoms with Crippen LogP contribution in [0, 0.1) is 0 Å². The molecule has 2 N–H and O–H groups in total. The zero-order chi connectivity index (χ0) is 15.2. The van der Waals surface area contributed by atoms with Crippen LogP contribution in [-0.4, -0.2) is 45.0 Å². The SMILES string of the molecule is CCCS(=O)(=O)c1ccc(NC(CO)C(=O)OC)cc1. The van der Waals surface area contributed by atoms with Crippen molar-refractivity contribution in [3.8, 4) is 0 Å². The highest BCUT2D eigenvalue weighted by Crippen LogP contribution is 2.16. The highest BCUT2D eigenvalue weighted by molar-refractivity contribution is 7.91. The summed E-state index contributed by atoms with van der Waals surface area (Å²) in [6, 6.07) is 5.17. The number of hydrogen-bond acceptors (Lipinski definition) is 6. The van der Waals surface area contributed by atoms with Crippen molar-refractivity contribution in [3.63, 3.8) is 0 Å². The van der Waals surface area contributed by atoms with Gasteiger partial charge in [-0.2, -0.15) is 0 Å². The van der Waals surface area contributed by atoms with Gasteiger partial charge in [-0.05, 0) is 30.7 Å². The summed E-state index contributed by atoms with van der Waals surface area (Å²) in [5.41, 5.74) is 0.532. The summed E-state index contributed by atoms with van der Waals surface area (Å²) in [4.78, 5) is 11.6. The molecule has 20 heavy (non-hydrogen) atoms. The van der Waals surface area contributed by atoms with Crippen LogP contribution in [0.15, 0.2) is 29.2 Å². The lowest BCUT2D eigenvalue weighted by atomic mass is 10.2. The number of sulfone groups is 1. The summed E-state index contributed by atoms with van der Waals surface area (Å²) in [6.45, 7) is 1.39. The Labute approximate surface area is 118 Å². The average molecular weight is 301 g/mol. The van der Waals surface area contributed by atoms with Crippen molar-refractivity contribution in [2.75, 3.05) is 24.8 Å². The summed E-state index contributed by atoms with van der Waals surface area (Å²) in [5.74, 6) is -0.489. The van der Waals surface area contributed by atoms with Crippen molar-refractivity contribution >= 4 is 21.5 Å². The second kappa shape index (κ2) is 7.25. The van der Waals surface area contributed by atoms with Gasteiger partial charge in [0.05, 0.1) is 24.4 Å². The zero-order valence-corrected chi connectivity index (χ0v) is 12.3. The minimum absolute atomic E-state index is 0.0984. The van der Waals surface area contributed by atoms with E-state index >= 15 is 0 Å². The number of hydrogen-bond donors (Lipinski definition) is 2. The fourth-order valence-electron chi connectivity index (χ4n) is 1.67. The van der Waals surface area contributed by atoms with Gasteiger partial charge in [-0.25, -0.2) is 13.2 Å². The molecule has 0 radical (unpaired) electrons. The number of carbonyl (C=O) groups is 1. The summed E-state index contributed by atoms with van der Waals surface area (Å²) in [6.07, 6.45) is 0.553. The molecule has 0 amide bonds. The van der Waals surface area contributed by atoms with Crippen molar-refractivity contribution < 1.29 is 23.1 Å². The molecule has 0 fully saturated rings. The topological polar surface area (TPSA) is 92.7 Å². The van der Waals surface area contributed by atoms with Crippen molar-refractivity contribution in [1.29, 1.82) is 0 Å². The van der Waals surface area contributed by atoms with Crippen molar-refractivity contribution in [2.24, 2.45) is 0 Å². The van der Waals surface area contributed by atoms with E-state index in [2.05, 4.69) is 10.1 Å². The van der Waals surface area contributed by atoms with E-state index in [1.165, 1.54) is 19.2 Å². The van der Waals surface area contributed by atoms with Crippen molar-refractivity contribution in [1.82, 2.24) is 0 Å². The van der Waals surface area contributed by atoms with E-state index in [-0.39, 0.29) is 10.6 Å². The average Bonchev–Trinajstić information content (AvgIpc) is 2.44. The molecule has 0 bridgehead atoms. The second-order valence-electron chi connectivity index (χ2n) is 4.25. The first-order valence-electron chi connectivity index (χ1n) is 6.22. The van der Waals surface area contributed by atoms with E-state index in [0.717, 1.165) is 0 Å². The number of aliphatic hydroxyl groups is 1. The number of esters is 1. The van der Waals surface area contributed by atoms with Crippen LogP contribution < -0.4 is 5.32 Å². The van der Waals surface area contributed by atoms with Gasteiger partial charge < -0.3 is 15.2 Å². The van der Waals surface area contributed by atoms with E-state index in [1.807, 2.05) is 0 Å². The van der Waals surface area contributed by atoms with Crippen molar-refractivity contribution in [2.45, 2.75) is 24.3 Å². The molecule has 0 heterocycles. The maximum atomic E-state index is 11.8. The normalized spacial score (nSPS) is 12.8. The molecule has 0 spiro atoms. The fraction of sp³-hybridized carbons (Fsp3) is 0.462. The summed E-state index contributed by atoms with van der Waals surface area (Å²) in [7, 11) is -2.02. The Bertz CT molecular complexity index is 538. The van der Waals surface area contributed by atoms with Gasteiger partial charge in [0.2, 0.25) is 0 Å². The van der Waals surface area contributed by atoms with Gasteiger partial charge in [0.1, 0.15) is 6.04 Å². The van der Waals surface area contributed by atoms with Gasteiger partial charge >= 0.3 is 5.97 Å². The van der Waals surface area contributed by atoms with E-state index in [4.69, 9.17) is 5.11 Å². The van der Waals surface area contributed by atoms with Crippen LogP contribution in [0.4, 0.5) is 5.69 Å². The molecule has 0 saturated heterocycles. The largest absolute Gasteiger partial charge is 0.467 e. The monoisotopic (exact) mass is 301 g/mol. The number of benzene rings is 1. The zero-order valence-electron chi connectivity index (χ0n) is 11.5. The maximum Gasteiger partial charge on any atom is 0.330 e. The Kier molecular flexibility index (Phi) is 5.97. The van der Waals surface area contributed by atoms with Crippen LogP contribution in [0.3, 0.4) is 0 Å². The first kappa shape index (κ1) is 16.5. The predicted octanol–water partition coefficient (Wildman–Crippen LogP) is 0.816. The minimum Gasteiger partial charge on any atom is -0.467 e. The smallest absolute Gasteiger partial charge is 0.330 e. The third-order valence-corrected chi connectivity index (χ3v) is 4.63. The Morgan fingerprint density at radius 2 is 1.95 bits per heavy atom. The van der Waals surface area contributed by atoms with Gasteiger partial charge in [0.25, 0.3) is 0 Å². The molecule has 6 nitrogen and oxygen atoms in total. The number of ether oxygens (including phenoxy) is 1. The van der Waals surface area contributed by atoms with Crippen molar-refractivity contribution in [3.05, 3.63) is 24.3 Å². The quantitative estimate of drug-likeness (QED) is 0.724. The molecular formula is C13H19NO5S. The van der Waals surface area contributed by atoms with Gasteiger partial charge in [0.15, 0.2) is 9.84 Å². The highest BCUT2D eigenvalue weighted by Gasteiger charge is 2.18. The molecule has 0 aliphatic carbocycles. The molecule has 1 rings (SSSR count). The van der Waals surface area contributed by atoms with E-state index in [0.29, 0.717) is 12.1 Å². The van der Waals surface area contributed by atoms with Gasteiger partial charge in [-0.15, -0.1) is 0 Å². The summed E-state index contributed by atoms with van der Waals surface area (Å²) < 4.78 is 28.2. The third-order valence-electron chi connectivity index (χ3n) is 2.70. The number of rotatable bonds is 7. The molecule has 7 heteroatoms. The second-order valence-corrected chi connectivity index (χ2v) is 6.36. The molecule has 0 aliphatic heterocycles. The van der Waals surface area contributed by atoms with Gasteiger partial charge in [-0.1, -0.05) is 6.92 Å². The molecule has 1 unspecified atom stereocenters. The Morgan fingerprint density at radius 3 is 2.40 bits per heavy atom. The molecule has 1 aromatic rings. The molecule has 0 saturated carbocycles. The van der Waals surface area contributed by atoms with E-state index in [1.54, 1.807) is 19.1 Å². The minimum atomic E-state index is -3.25. The standard InChI is InChI=1S/C13H19NO5S/c1-3-8-20(17,18)11-6-4-10(5-7-11)14-12(9-15)13(16)19-2/h4-7,12,14-15H,3,8-9H2,1-2H3. The molecule has 112 valence electrons. The summed E-state index contributed by atoms with van der Waals surface area (Å²) in [5, 5.41) is 11.9. The van der Waals surface area contributed by atoms with Crippen LogP contribution in [0.2, 0.25) is 0 Å². The predicted molar refractivity (Wildman–Crippen MR) is 75.3 cm³/mol. The number of carbonyl (C=O) groups excluding carboxylic acids is 1. The van der Waals surface area contributed by atoms with Crippen LogP contribution in [0.25, 0.3) is 0 Å². The number of aliphatic hydroxyl groups excluding tert-OH is 1. The van der Waals surface area contributed by atoms with Crippen LogP contribution in [0.5, 0.6) is 0 Å². The third kappa shape index (κ3) is 4.21. The fourth-order valence-corrected chi connectivity index (χ4v) is 2.99. The van der Waals surface area contributed by atoms with E-state index in [9.17, 15) is 13.2 Å². The first-order valence-corrected chi connectivity index (χ1v) is 7.88. The molecule has 0 aliphatic rings. The molecule has 1 aromatic carbocycles. The lowest BCUT2D eigenvalue weighted by molar-refractivity contribution is -0.142. The number of nitrogens with one attached hydrogen (secondary N) is 1. The first-order chi connectivity index (χ1) is 9.44. The molecular weight excluding hydrogens is 282 g/mol. The highest BCUT2D eigenvalue weighted by atomic mass is 32.2. The molecule has 0 aromatic heterocycles. The molecule has 1 atom stereocenters. The van der Waals surface area contributed by atoms with Crippen LogP contribution in [0.1, 0.15) is 13.3 Å². The lowest BCUT2D eigenvalue weighted by Gasteiger charge is -2.15. The number of methoxy groups -OCH3 is 1. The van der Waals surface area contributed by atoms with Gasteiger partial charge in [0, 0.05) is 5.69 Å². The van der Waals surface area contributed by atoms with Gasteiger partial charge in [-0.3, -0.25) is 0 Å². The lowest BCUT2D eigenvalue weighted by Crippen LogP contribution is -2.34. The van der Waals surface area contributed by atoms with E-state index < -0.39 is 28.5 Å². The number of anilines is 1. The Morgan fingerprint density at radius 1 is 1.35 bits per heavy atom.